The van der Waals surface area contributed by atoms with Gasteiger partial charge in [0.25, 0.3) is 17.7 Å². The Kier molecular flexibility index (Phi) is 12.8. The molecule has 19 heteroatoms. The van der Waals surface area contributed by atoms with Crippen LogP contribution in [0.1, 0.15) is 70.8 Å². The van der Waals surface area contributed by atoms with E-state index in [2.05, 4.69) is 69.5 Å². The number of carbonyl (C=O) groups is 6. The Bertz CT molecular complexity index is 2710. The summed E-state index contributed by atoms with van der Waals surface area (Å²) in [6.07, 6.45) is 7.02. The number of rotatable bonds is 15. The highest BCUT2D eigenvalue weighted by atomic mass is 16.5. The van der Waals surface area contributed by atoms with Crippen LogP contribution in [0.3, 0.4) is 0 Å². The zero-order valence-electron chi connectivity index (χ0n) is 37.5. The number of piperidine rings is 2. The number of fused-ring (bicyclic) bond motifs is 2. The molecule has 6 heterocycles. The second kappa shape index (κ2) is 19.5. The van der Waals surface area contributed by atoms with Gasteiger partial charge < -0.3 is 34.5 Å². The van der Waals surface area contributed by atoms with E-state index >= 15 is 0 Å². The molecule has 0 spiro atoms. The van der Waals surface area contributed by atoms with E-state index in [0.717, 1.165) is 85.9 Å². The molecule has 19 nitrogen and oxygen atoms in total. The summed E-state index contributed by atoms with van der Waals surface area (Å²) in [6.45, 7) is 5.97. The van der Waals surface area contributed by atoms with Gasteiger partial charge in [-0.15, -0.1) is 0 Å². The van der Waals surface area contributed by atoms with Crippen molar-refractivity contribution in [2.24, 2.45) is 0 Å². The molecule has 5 aromatic rings. The van der Waals surface area contributed by atoms with Crippen LogP contribution in [-0.4, -0.2) is 147 Å². The van der Waals surface area contributed by atoms with Crippen molar-refractivity contribution in [1.29, 1.82) is 0 Å². The monoisotopic (exact) mass is 923 g/mol. The number of hydrogen-bond donors (Lipinski definition) is 3. The van der Waals surface area contributed by atoms with Gasteiger partial charge in [-0.05, 0) is 80.1 Å². The number of aromatic nitrogens is 4. The first-order valence-electron chi connectivity index (χ1n) is 23.4. The number of benzene rings is 3. The summed E-state index contributed by atoms with van der Waals surface area (Å²) in [7, 11) is 0. The minimum Gasteiger partial charge on any atom is -0.484 e. The summed E-state index contributed by atoms with van der Waals surface area (Å²) in [5.41, 5.74) is 4.78. The molecule has 4 aliphatic heterocycles. The van der Waals surface area contributed by atoms with Crippen molar-refractivity contribution in [3.8, 4) is 5.75 Å². The Balaban J connectivity index is 0.616. The summed E-state index contributed by atoms with van der Waals surface area (Å²) in [4.78, 5) is 96.9. The van der Waals surface area contributed by atoms with Gasteiger partial charge in [-0.1, -0.05) is 30.3 Å². The summed E-state index contributed by atoms with van der Waals surface area (Å²) < 4.78 is 14.1. The first-order valence-corrected chi connectivity index (χ1v) is 23.4. The third-order valence-corrected chi connectivity index (χ3v) is 13.6. The molecule has 3 saturated heterocycles. The van der Waals surface area contributed by atoms with E-state index in [1.807, 2.05) is 36.7 Å². The number of piperazine rings is 1. The molecule has 1 atom stereocenters. The normalized spacial score (nSPS) is 21.1. The van der Waals surface area contributed by atoms with Gasteiger partial charge in [-0.3, -0.25) is 43.9 Å². The number of carbonyl (C=O) groups excluding carboxylic acids is 6. The number of amides is 6. The van der Waals surface area contributed by atoms with Crippen LogP contribution in [0.4, 0.5) is 17.2 Å². The van der Waals surface area contributed by atoms with E-state index in [1.165, 1.54) is 18.2 Å². The zero-order chi connectivity index (χ0) is 46.7. The van der Waals surface area contributed by atoms with Crippen molar-refractivity contribution in [2.45, 2.75) is 69.2 Å². The van der Waals surface area contributed by atoms with Gasteiger partial charge in [-0.25, -0.2) is 15.0 Å². The summed E-state index contributed by atoms with van der Waals surface area (Å²) >= 11 is 0. The summed E-state index contributed by atoms with van der Waals surface area (Å²) in [5.74, 6) is -1.57. The zero-order valence-corrected chi connectivity index (χ0v) is 37.5. The van der Waals surface area contributed by atoms with Crippen LogP contribution >= 0.6 is 0 Å². The third-order valence-electron chi connectivity index (χ3n) is 13.6. The van der Waals surface area contributed by atoms with Gasteiger partial charge in [0.15, 0.2) is 23.6 Å². The lowest BCUT2D eigenvalue weighted by atomic mass is 9.86. The molecule has 0 unspecified atom stereocenters. The van der Waals surface area contributed by atoms with Gasteiger partial charge in [0.1, 0.15) is 18.1 Å². The second-order valence-electron chi connectivity index (χ2n) is 18.0. The fourth-order valence-electron chi connectivity index (χ4n) is 9.72. The maximum absolute atomic E-state index is 13.2. The smallest absolute Gasteiger partial charge is 0.262 e. The average molecular weight is 924 g/mol. The molecule has 3 N–H and O–H groups in total. The van der Waals surface area contributed by atoms with Gasteiger partial charge in [0.05, 0.1) is 36.6 Å². The van der Waals surface area contributed by atoms with Crippen LogP contribution in [0, 0.1) is 0 Å². The Hall–Kier alpha value is -7.25. The van der Waals surface area contributed by atoms with Crippen LogP contribution in [0.25, 0.3) is 11.2 Å². The topological polar surface area (TPSA) is 214 Å². The lowest BCUT2D eigenvalue weighted by Gasteiger charge is -2.36. The number of anilines is 3. The first kappa shape index (κ1) is 44.6. The van der Waals surface area contributed by atoms with E-state index in [4.69, 9.17) is 9.47 Å². The van der Waals surface area contributed by atoms with Crippen LogP contribution in [0.5, 0.6) is 5.75 Å². The lowest BCUT2D eigenvalue weighted by molar-refractivity contribution is -0.137. The van der Waals surface area contributed by atoms with Crippen molar-refractivity contribution in [3.63, 3.8) is 0 Å². The standard InChI is InChI=1S/C49H53N11O8/c61-41-13-12-40(47(64)55-41)60-48(65)38-11-10-37(27-39(38)49(60)66)68-28-43(63)58-16-14-36(15-17-58)67-23-22-56-18-20-57(21-19-56)34-8-6-32(7-9-34)54-45-44-46(51-29-50-45)59(30-52-44)35-25-33(26-35)53-42(62)24-31-4-2-1-3-5-31/h1-11,27,29-30,33,35-36,40H,12-26,28H2,(H,53,62)(H,50,51,54)(H,55,61,64)/t33?,35?,40-/m0/s1. The predicted octanol–water partition coefficient (Wildman–Crippen LogP) is 3.24. The molecular formula is C49H53N11O8. The fourth-order valence-corrected chi connectivity index (χ4v) is 9.72. The summed E-state index contributed by atoms with van der Waals surface area (Å²) in [5, 5.41) is 8.78. The van der Waals surface area contributed by atoms with E-state index < -0.39 is 29.7 Å². The van der Waals surface area contributed by atoms with Gasteiger partial charge in [0.2, 0.25) is 17.7 Å². The highest BCUT2D eigenvalue weighted by molar-refractivity contribution is 6.23. The minimum atomic E-state index is -1.05. The van der Waals surface area contributed by atoms with E-state index in [1.54, 1.807) is 11.2 Å². The largest absolute Gasteiger partial charge is 0.484 e. The van der Waals surface area contributed by atoms with Crippen molar-refractivity contribution in [2.75, 3.05) is 69.2 Å². The first-order chi connectivity index (χ1) is 33.1. The highest BCUT2D eigenvalue weighted by Crippen LogP contribution is 2.36. The van der Waals surface area contributed by atoms with Crippen molar-refractivity contribution in [1.82, 2.24) is 44.9 Å². The maximum Gasteiger partial charge on any atom is 0.262 e. The van der Waals surface area contributed by atoms with Gasteiger partial charge >= 0.3 is 0 Å². The molecule has 4 fully saturated rings. The number of likely N-dealkylation sites (tertiary alicyclic amines) is 1. The molecule has 0 bridgehead atoms. The molecule has 352 valence electrons. The average Bonchev–Trinajstić information content (AvgIpc) is 3.88. The number of nitrogens with one attached hydrogen (secondary N) is 3. The molecule has 10 rings (SSSR count). The number of imide groups is 2. The van der Waals surface area contributed by atoms with E-state index in [9.17, 15) is 28.8 Å². The lowest BCUT2D eigenvalue weighted by Crippen LogP contribution is -2.54. The highest BCUT2D eigenvalue weighted by Gasteiger charge is 2.45. The second-order valence-corrected chi connectivity index (χ2v) is 18.0. The number of hydrogen-bond acceptors (Lipinski definition) is 14. The van der Waals surface area contributed by atoms with Crippen molar-refractivity contribution < 1.29 is 38.2 Å². The predicted molar refractivity (Wildman–Crippen MR) is 248 cm³/mol. The summed E-state index contributed by atoms with van der Waals surface area (Å²) in [6, 6.07) is 21.8. The molecular weight excluding hydrogens is 871 g/mol. The van der Waals surface area contributed by atoms with Crippen LogP contribution in [0.15, 0.2) is 85.5 Å². The molecule has 0 radical (unpaired) electrons. The van der Waals surface area contributed by atoms with Crippen LogP contribution < -0.4 is 25.6 Å². The SMILES string of the molecule is O=C1CC[C@H](N2C(=O)c3ccc(OCC(=O)N4CCC(OCCN5CCN(c6ccc(Nc7ncnc8c7ncn8C7CC(NC(=O)Cc8ccccc8)C7)cc6)CC5)CC4)cc3C2=O)C(=O)N1. The number of nitrogens with zero attached hydrogens (tertiary/aromatic N) is 8. The molecule has 68 heavy (non-hydrogen) atoms. The Morgan fingerprint density at radius 1 is 0.809 bits per heavy atom. The Morgan fingerprint density at radius 2 is 1.57 bits per heavy atom. The molecule has 1 aliphatic carbocycles. The molecule has 3 aromatic carbocycles. The van der Waals surface area contributed by atoms with Crippen molar-refractivity contribution >= 4 is 63.8 Å². The third kappa shape index (κ3) is 9.62. The van der Waals surface area contributed by atoms with Crippen LogP contribution in [-0.2, 0) is 30.3 Å². The number of ether oxygens (including phenoxy) is 2. The molecule has 5 aliphatic rings. The van der Waals surface area contributed by atoms with Crippen molar-refractivity contribution in [3.05, 3.63) is 102 Å². The molecule has 1 saturated carbocycles. The van der Waals surface area contributed by atoms with Crippen LogP contribution in [0.2, 0.25) is 0 Å². The fraction of sp³-hybridized carbons (Fsp3) is 0.408. The van der Waals surface area contributed by atoms with E-state index in [-0.39, 0.29) is 66.3 Å². The molecule has 2 aromatic heterocycles. The minimum absolute atomic E-state index is 0.0379. The van der Waals surface area contributed by atoms with Gasteiger partial charge in [-0.2, -0.15) is 0 Å². The Labute approximate surface area is 392 Å². The number of imidazole rings is 1. The Morgan fingerprint density at radius 3 is 2.34 bits per heavy atom. The quantitative estimate of drug-likeness (QED) is 0.129. The molecule has 6 amide bonds. The van der Waals surface area contributed by atoms with E-state index in [0.29, 0.717) is 37.5 Å². The van der Waals surface area contributed by atoms with Gasteiger partial charge in [0, 0.05) is 75.7 Å². The maximum atomic E-state index is 13.2.